The van der Waals surface area contributed by atoms with Gasteiger partial charge in [0, 0.05) is 25.7 Å². The van der Waals surface area contributed by atoms with Crippen molar-refractivity contribution in [3.05, 3.63) is 59.9 Å². The SMILES string of the molecule is CCOC(=O)O[C@H](C)OC1=C(C(=O)Nc2ccccn2)N(C)S(=O)(=O)c2ccccc21. The van der Waals surface area contributed by atoms with Gasteiger partial charge in [0.25, 0.3) is 15.9 Å². The lowest BCUT2D eigenvalue weighted by Crippen LogP contribution is -2.38. The summed E-state index contributed by atoms with van der Waals surface area (Å²) in [7, 11) is -2.79. The van der Waals surface area contributed by atoms with E-state index in [1.54, 1.807) is 37.3 Å². The Kier molecular flexibility index (Phi) is 6.44. The van der Waals surface area contributed by atoms with Crippen molar-refractivity contribution in [3.63, 3.8) is 0 Å². The molecular weight excluding hydrogens is 426 g/mol. The van der Waals surface area contributed by atoms with Gasteiger partial charge in [-0.2, -0.15) is 0 Å². The Hall–Kier alpha value is -3.60. The number of pyridine rings is 1. The minimum atomic E-state index is -4.03. The van der Waals surface area contributed by atoms with Crippen molar-refractivity contribution in [2.24, 2.45) is 0 Å². The number of hydrogen-bond acceptors (Lipinski definition) is 8. The normalized spacial score (nSPS) is 15.5. The molecule has 1 N–H and O–H groups in total. The number of carbonyl (C=O) groups is 2. The number of fused-ring (bicyclic) bond motifs is 1. The summed E-state index contributed by atoms with van der Waals surface area (Å²) in [6, 6.07) is 10.9. The number of carbonyl (C=O) groups excluding carboxylic acids is 2. The smallest absolute Gasteiger partial charge is 0.452 e. The molecule has 10 nitrogen and oxygen atoms in total. The number of aromatic nitrogens is 1. The van der Waals surface area contributed by atoms with Crippen molar-refractivity contribution in [1.29, 1.82) is 0 Å². The minimum Gasteiger partial charge on any atom is -0.452 e. The number of hydrogen-bond donors (Lipinski definition) is 1. The van der Waals surface area contributed by atoms with Crippen molar-refractivity contribution in [1.82, 2.24) is 9.29 Å². The average molecular weight is 447 g/mol. The average Bonchev–Trinajstić information content (AvgIpc) is 2.73. The summed E-state index contributed by atoms with van der Waals surface area (Å²) in [5.74, 6) is -0.615. The Balaban J connectivity index is 2.06. The second-order valence-corrected chi connectivity index (χ2v) is 8.24. The van der Waals surface area contributed by atoms with Crippen molar-refractivity contribution in [2.45, 2.75) is 25.0 Å². The molecule has 0 saturated carbocycles. The van der Waals surface area contributed by atoms with Gasteiger partial charge in [0.1, 0.15) is 5.82 Å². The number of benzene rings is 1. The number of amides is 1. The number of likely N-dealkylation sites (N-methyl/N-ethyl adjacent to an activating group) is 1. The summed E-state index contributed by atoms with van der Waals surface area (Å²) in [5.41, 5.74) is -0.130. The largest absolute Gasteiger partial charge is 0.511 e. The molecule has 1 atom stereocenters. The fourth-order valence-corrected chi connectivity index (χ4v) is 4.26. The maximum atomic E-state index is 13.1. The molecule has 1 aromatic heterocycles. The van der Waals surface area contributed by atoms with Crippen molar-refractivity contribution in [2.75, 3.05) is 19.0 Å². The molecule has 0 unspecified atom stereocenters. The van der Waals surface area contributed by atoms with E-state index in [4.69, 9.17) is 14.2 Å². The predicted molar refractivity (Wildman–Crippen MR) is 110 cm³/mol. The number of rotatable bonds is 6. The summed E-state index contributed by atoms with van der Waals surface area (Å²) in [6.45, 7) is 3.15. The van der Waals surface area contributed by atoms with Gasteiger partial charge < -0.3 is 19.5 Å². The quantitative estimate of drug-likeness (QED) is 0.529. The van der Waals surface area contributed by atoms with E-state index in [0.717, 1.165) is 4.31 Å². The van der Waals surface area contributed by atoms with Crippen LogP contribution in [0.15, 0.2) is 59.3 Å². The van der Waals surface area contributed by atoms with E-state index >= 15 is 0 Å². The molecule has 3 rings (SSSR count). The number of anilines is 1. The molecule has 0 fully saturated rings. The monoisotopic (exact) mass is 447 g/mol. The molecular formula is C20H21N3O7S. The van der Waals surface area contributed by atoms with Crippen LogP contribution >= 0.6 is 0 Å². The van der Waals surface area contributed by atoms with Gasteiger partial charge in [-0.15, -0.1) is 0 Å². The third-order valence-electron chi connectivity index (χ3n) is 4.23. The summed E-state index contributed by atoms with van der Waals surface area (Å²) >= 11 is 0. The molecule has 11 heteroatoms. The van der Waals surface area contributed by atoms with E-state index < -0.39 is 28.4 Å². The Bertz CT molecular complexity index is 1120. The molecule has 1 amide bonds. The maximum Gasteiger partial charge on any atom is 0.511 e. The van der Waals surface area contributed by atoms with Crippen molar-refractivity contribution < 1.29 is 32.2 Å². The lowest BCUT2D eigenvalue weighted by Gasteiger charge is -2.31. The van der Waals surface area contributed by atoms with Crippen LogP contribution in [0.25, 0.3) is 5.76 Å². The highest BCUT2D eigenvalue weighted by molar-refractivity contribution is 7.89. The van der Waals surface area contributed by atoms with E-state index in [-0.39, 0.29) is 34.3 Å². The van der Waals surface area contributed by atoms with Crippen LogP contribution in [0.4, 0.5) is 10.6 Å². The van der Waals surface area contributed by atoms with Gasteiger partial charge in [-0.05, 0) is 31.2 Å². The van der Waals surface area contributed by atoms with Crippen molar-refractivity contribution >= 4 is 33.7 Å². The summed E-state index contributed by atoms with van der Waals surface area (Å²) in [5, 5.41) is 2.55. The van der Waals surface area contributed by atoms with Crippen LogP contribution in [-0.4, -0.2) is 49.7 Å². The van der Waals surface area contributed by atoms with Crippen LogP contribution in [0.1, 0.15) is 19.4 Å². The summed E-state index contributed by atoms with van der Waals surface area (Å²) in [4.78, 5) is 28.7. The van der Waals surface area contributed by atoms with Gasteiger partial charge in [0.15, 0.2) is 11.5 Å². The van der Waals surface area contributed by atoms with Crippen LogP contribution in [0, 0.1) is 0 Å². The van der Waals surface area contributed by atoms with E-state index in [2.05, 4.69) is 10.3 Å². The highest BCUT2D eigenvalue weighted by atomic mass is 32.2. The third kappa shape index (κ3) is 4.61. The van der Waals surface area contributed by atoms with Crippen LogP contribution in [0.2, 0.25) is 0 Å². The van der Waals surface area contributed by atoms with Crippen LogP contribution < -0.4 is 5.32 Å². The first kappa shape index (κ1) is 22.1. The van der Waals surface area contributed by atoms with Gasteiger partial charge in [0.05, 0.1) is 11.5 Å². The number of nitrogens with zero attached hydrogens (tertiary/aromatic N) is 2. The van der Waals surface area contributed by atoms with Gasteiger partial charge in [-0.3, -0.25) is 9.10 Å². The lowest BCUT2D eigenvalue weighted by atomic mass is 10.1. The van der Waals surface area contributed by atoms with E-state index in [9.17, 15) is 18.0 Å². The fourth-order valence-electron chi connectivity index (χ4n) is 2.87. The number of sulfonamides is 1. The molecule has 0 spiro atoms. The second kappa shape index (κ2) is 9.04. The molecule has 31 heavy (non-hydrogen) atoms. The highest BCUT2D eigenvalue weighted by Gasteiger charge is 2.39. The first-order chi connectivity index (χ1) is 14.8. The Labute approximate surface area is 179 Å². The van der Waals surface area contributed by atoms with Crippen molar-refractivity contribution in [3.8, 4) is 0 Å². The molecule has 1 aliphatic heterocycles. The zero-order valence-corrected chi connectivity index (χ0v) is 17.9. The molecule has 0 bridgehead atoms. The van der Waals surface area contributed by atoms with E-state index in [1.807, 2.05) is 0 Å². The molecule has 0 saturated heterocycles. The molecule has 2 aromatic rings. The van der Waals surface area contributed by atoms with Crippen LogP contribution in [0.3, 0.4) is 0 Å². The van der Waals surface area contributed by atoms with E-state index in [1.165, 1.54) is 32.3 Å². The van der Waals surface area contributed by atoms with Gasteiger partial charge in [0.2, 0.25) is 6.29 Å². The summed E-state index contributed by atoms with van der Waals surface area (Å²) < 4.78 is 42.3. The first-order valence-electron chi connectivity index (χ1n) is 9.30. The fraction of sp³-hybridized carbons (Fsp3) is 0.250. The zero-order valence-electron chi connectivity index (χ0n) is 17.1. The maximum absolute atomic E-state index is 13.1. The molecule has 0 radical (unpaired) electrons. The van der Waals surface area contributed by atoms with Crippen LogP contribution in [0.5, 0.6) is 0 Å². The molecule has 0 aliphatic carbocycles. The lowest BCUT2D eigenvalue weighted by molar-refractivity contribution is -0.114. The Morgan fingerprint density at radius 1 is 1.16 bits per heavy atom. The number of nitrogens with one attached hydrogen (secondary N) is 1. The first-order valence-corrected chi connectivity index (χ1v) is 10.7. The van der Waals surface area contributed by atoms with Gasteiger partial charge >= 0.3 is 6.16 Å². The Morgan fingerprint density at radius 2 is 1.87 bits per heavy atom. The molecule has 164 valence electrons. The third-order valence-corrected chi connectivity index (χ3v) is 6.05. The second-order valence-electron chi connectivity index (χ2n) is 6.30. The molecule has 1 aliphatic rings. The molecule has 2 heterocycles. The minimum absolute atomic E-state index is 0.0507. The molecule has 1 aromatic carbocycles. The van der Waals surface area contributed by atoms with Gasteiger partial charge in [-0.1, -0.05) is 18.2 Å². The van der Waals surface area contributed by atoms with Crippen LogP contribution in [-0.2, 0) is 29.0 Å². The predicted octanol–water partition coefficient (Wildman–Crippen LogP) is 2.56. The topological polar surface area (TPSA) is 124 Å². The Morgan fingerprint density at radius 3 is 2.55 bits per heavy atom. The zero-order chi connectivity index (χ0) is 22.6. The standard InChI is InChI=1S/C20H21N3O7S/c1-4-28-20(25)30-13(2)29-18-14-9-5-6-10-15(14)31(26,27)23(3)17(18)19(24)22-16-11-7-8-12-21-16/h5-13H,4H2,1-3H3,(H,21,22,24)/t13-/m1/s1. The number of ether oxygens (including phenoxy) is 3. The summed E-state index contributed by atoms with van der Waals surface area (Å²) in [6.07, 6.45) is -0.651. The van der Waals surface area contributed by atoms with E-state index in [0.29, 0.717) is 0 Å². The van der Waals surface area contributed by atoms with Gasteiger partial charge in [-0.25, -0.2) is 18.2 Å². The highest BCUT2D eigenvalue weighted by Crippen LogP contribution is 2.37.